The first-order valence-corrected chi connectivity index (χ1v) is 7.50. The molecule has 2 aromatic rings. The number of aromatic amines is 1. The third kappa shape index (κ3) is 3.05. The van der Waals surface area contributed by atoms with Crippen LogP contribution in [-0.4, -0.2) is 15.1 Å². The molecule has 21 heavy (non-hydrogen) atoms. The van der Waals surface area contributed by atoms with Crippen molar-refractivity contribution in [3.05, 3.63) is 63.6 Å². The van der Waals surface area contributed by atoms with Crippen LogP contribution in [0.15, 0.2) is 41.2 Å². The molecule has 0 saturated heterocycles. The van der Waals surface area contributed by atoms with Gasteiger partial charge in [0.15, 0.2) is 0 Å². The zero-order chi connectivity index (χ0) is 14.8. The van der Waals surface area contributed by atoms with Crippen molar-refractivity contribution in [2.45, 2.75) is 39.4 Å². The molecule has 0 radical (unpaired) electrons. The van der Waals surface area contributed by atoms with Gasteiger partial charge < -0.3 is 0 Å². The minimum absolute atomic E-state index is 0.112. The van der Waals surface area contributed by atoms with Gasteiger partial charge in [-0.1, -0.05) is 44.2 Å². The standard InChI is InChI=1S/C17H21N3O/c1-12(2)8-15-17-14(9-16(21)18-19-17)11-20(15)10-13-6-4-3-5-7-13/h3-7,9,12,15H,8,10-11H2,1-2H3,(H,18,21). The van der Waals surface area contributed by atoms with E-state index in [0.717, 1.165) is 30.8 Å². The van der Waals surface area contributed by atoms with Crippen LogP contribution in [0.1, 0.15) is 43.1 Å². The zero-order valence-electron chi connectivity index (χ0n) is 12.5. The average molecular weight is 283 g/mol. The van der Waals surface area contributed by atoms with Gasteiger partial charge in [-0.25, -0.2) is 5.10 Å². The number of rotatable bonds is 4. The lowest BCUT2D eigenvalue weighted by atomic mass is 10.0. The first-order valence-electron chi connectivity index (χ1n) is 7.50. The Balaban J connectivity index is 1.88. The largest absolute Gasteiger partial charge is 0.286 e. The van der Waals surface area contributed by atoms with Crippen molar-refractivity contribution in [1.82, 2.24) is 15.1 Å². The molecule has 1 aromatic heterocycles. The van der Waals surface area contributed by atoms with Crippen LogP contribution in [0.2, 0.25) is 0 Å². The van der Waals surface area contributed by atoms with Crippen LogP contribution in [0.3, 0.4) is 0 Å². The summed E-state index contributed by atoms with van der Waals surface area (Å²) in [5, 5.41) is 6.89. The maximum Gasteiger partial charge on any atom is 0.264 e. The van der Waals surface area contributed by atoms with Crippen molar-refractivity contribution in [3.63, 3.8) is 0 Å². The first-order chi connectivity index (χ1) is 10.1. The highest BCUT2D eigenvalue weighted by atomic mass is 16.1. The average Bonchev–Trinajstić information content (AvgIpc) is 2.76. The van der Waals surface area contributed by atoms with Crippen molar-refractivity contribution >= 4 is 0 Å². The molecule has 1 N–H and O–H groups in total. The Labute approximate surface area is 124 Å². The summed E-state index contributed by atoms with van der Waals surface area (Å²) in [5.74, 6) is 0.591. The molecule has 3 rings (SSSR count). The van der Waals surface area contributed by atoms with Gasteiger partial charge in [-0.05, 0) is 23.5 Å². The molecule has 4 nitrogen and oxygen atoms in total. The number of hydrogen-bond donors (Lipinski definition) is 1. The molecule has 4 heteroatoms. The van der Waals surface area contributed by atoms with E-state index in [9.17, 15) is 4.79 Å². The summed E-state index contributed by atoms with van der Waals surface area (Å²) in [5.41, 5.74) is 3.29. The van der Waals surface area contributed by atoms with E-state index in [1.807, 2.05) is 6.07 Å². The number of H-pyrrole nitrogens is 1. The van der Waals surface area contributed by atoms with Crippen molar-refractivity contribution < 1.29 is 0 Å². The molecule has 0 aliphatic carbocycles. The van der Waals surface area contributed by atoms with Crippen molar-refractivity contribution in [3.8, 4) is 0 Å². The Morgan fingerprint density at radius 1 is 1.33 bits per heavy atom. The lowest BCUT2D eigenvalue weighted by Crippen LogP contribution is -2.23. The summed E-state index contributed by atoms with van der Waals surface area (Å²) in [6.45, 7) is 6.15. The van der Waals surface area contributed by atoms with Crippen LogP contribution in [0.4, 0.5) is 0 Å². The number of nitrogens with one attached hydrogen (secondary N) is 1. The Hall–Kier alpha value is -1.94. The van der Waals surface area contributed by atoms with Crippen molar-refractivity contribution in [2.24, 2.45) is 5.92 Å². The summed E-state index contributed by atoms with van der Waals surface area (Å²) < 4.78 is 0. The summed E-state index contributed by atoms with van der Waals surface area (Å²) in [6, 6.07) is 12.4. The monoisotopic (exact) mass is 283 g/mol. The summed E-state index contributed by atoms with van der Waals surface area (Å²) in [6.07, 6.45) is 1.05. The van der Waals surface area contributed by atoms with E-state index in [2.05, 4.69) is 53.2 Å². The Morgan fingerprint density at radius 3 is 2.81 bits per heavy atom. The van der Waals surface area contributed by atoms with Crippen LogP contribution in [0, 0.1) is 5.92 Å². The predicted octanol–water partition coefficient (Wildman–Crippen LogP) is 2.87. The fourth-order valence-corrected chi connectivity index (χ4v) is 3.06. The van der Waals surface area contributed by atoms with Crippen LogP contribution in [0.25, 0.3) is 0 Å². The van der Waals surface area contributed by atoms with E-state index in [4.69, 9.17) is 0 Å². The van der Waals surface area contributed by atoms with Gasteiger partial charge in [0.1, 0.15) is 0 Å². The summed E-state index contributed by atoms with van der Waals surface area (Å²) >= 11 is 0. The maximum absolute atomic E-state index is 11.5. The Morgan fingerprint density at radius 2 is 2.10 bits per heavy atom. The van der Waals surface area contributed by atoms with Gasteiger partial charge in [0, 0.05) is 19.2 Å². The highest BCUT2D eigenvalue weighted by Gasteiger charge is 2.32. The smallest absolute Gasteiger partial charge is 0.264 e. The van der Waals surface area contributed by atoms with E-state index >= 15 is 0 Å². The van der Waals surface area contributed by atoms with Gasteiger partial charge in [-0.15, -0.1) is 0 Å². The summed E-state index contributed by atoms with van der Waals surface area (Å²) in [4.78, 5) is 13.9. The molecule has 2 heterocycles. The fraction of sp³-hybridized carbons (Fsp3) is 0.412. The third-order valence-corrected chi connectivity index (χ3v) is 3.97. The molecule has 1 aliphatic rings. The molecule has 1 aliphatic heterocycles. The fourth-order valence-electron chi connectivity index (χ4n) is 3.06. The van der Waals surface area contributed by atoms with Crippen LogP contribution in [-0.2, 0) is 13.1 Å². The van der Waals surface area contributed by atoms with E-state index < -0.39 is 0 Å². The van der Waals surface area contributed by atoms with Crippen LogP contribution >= 0.6 is 0 Å². The normalized spacial score (nSPS) is 18.1. The lowest BCUT2D eigenvalue weighted by Gasteiger charge is -2.25. The van der Waals surface area contributed by atoms with E-state index in [1.165, 1.54) is 5.56 Å². The second-order valence-electron chi connectivity index (χ2n) is 6.18. The minimum atomic E-state index is -0.112. The highest BCUT2D eigenvalue weighted by Crippen LogP contribution is 2.36. The van der Waals surface area contributed by atoms with E-state index in [-0.39, 0.29) is 11.6 Å². The van der Waals surface area contributed by atoms with Gasteiger partial charge in [-0.2, -0.15) is 5.10 Å². The molecule has 1 aromatic carbocycles. The molecular weight excluding hydrogens is 262 g/mol. The number of benzene rings is 1. The molecule has 0 fully saturated rings. The predicted molar refractivity (Wildman–Crippen MR) is 82.7 cm³/mol. The van der Waals surface area contributed by atoms with Crippen LogP contribution < -0.4 is 5.56 Å². The van der Waals surface area contributed by atoms with Gasteiger partial charge >= 0.3 is 0 Å². The number of nitrogens with zero attached hydrogens (tertiary/aromatic N) is 2. The topological polar surface area (TPSA) is 49.0 Å². The minimum Gasteiger partial charge on any atom is -0.286 e. The SMILES string of the molecule is CC(C)CC1c2n[nH]c(=O)cc2CN1Cc1ccccc1. The molecule has 1 unspecified atom stereocenters. The highest BCUT2D eigenvalue weighted by molar-refractivity contribution is 5.27. The number of aromatic nitrogens is 2. The number of fused-ring (bicyclic) bond motifs is 1. The van der Waals surface area contributed by atoms with Gasteiger partial charge in [0.25, 0.3) is 5.56 Å². The Kier molecular flexibility index (Phi) is 3.88. The second-order valence-corrected chi connectivity index (χ2v) is 6.18. The third-order valence-electron chi connectivity index (χ3n) is 3.97. The van der Waals surface area contributed by atoms with Crippen molar-refractivity contribution in [2.75, 3.05) is 0 Å². The molecule has 1 atom stereocenters. The molecule has 0 spiro atoms. The van der Waals surface area contributed by atoms with Crippen LogP contribution in [0.5, 0.6) is 0 Å². The van der Waals surface area contributed by atoms with Gasteiger partial charge in [0.05, 0.1) is 11.7 Å². The number of hydrogen-bond acceptors (Lipinski definition) is 3. The maximum atomic E-state index is 11.5. The molecule has 0 saturated carbocycles. The van der Waals surface area contributed by atoms with E-state index in [0.29, 0.717) is 5.92 Å². The van der Waals surface area contributed by atoms with Crippen molar-refractivity contribution in [1.29, 1.82) is 0 Å². The molecule has 0 bridgehead atoms. The molecular formula is C17H21N3O. The lowest BCUT2D eigenvalue weighted by molar-refractivity contribution is 0.179. The molecule has 0 amide bonds. The quantitative estimate of drug-likeness (QED) is 0.938. The second kappa shape index (κ2) is 5.82. The Bertz CT molecular complexity index is 663. The molecule has 110 valence electrons. The van der Waals surface area contributed by atoms with Gasteiger partial charge in [-0.3, -0.25) is 9.69 Å². The summed E-state index contributed by atoms with van der Waals surface area (Å²) in [7, 11) is 0. The first kappa shape index (κ1) is 14.0. The zero-order valence-corrected chi connectivity index (χ0v) is 12.5. The van der Waals surface area contributed by atoms with E-state index in [1.54, 1.807) is 6.07 Å². The van der Waals surface area contributed by atoms with Gasteiger partial charge in [0.2, 0.25) is 0 Å².